The molecule has 0 saturated carbocycles. The Hall–Kier alpha value is -3.95. The van der Waals surface area contributed by atoms with Gasteiger partial charge in [-0.15, -0.1) is 6.58 Å². The fourth-order valence-electron chi connectivity index (χ4n) is 4.93. The Balaban J connectivity index is 1.52. The molecule has 1 aromatic carbocycles. The molecular formula is C28H32O14. The third-order valence-electron chi connectivity index (χ3n) is 7.06. The van der Waals surface area contributed by atoms with Crippen molar-refractivity contribution in [2.75, 3.05) is 20.3 Å². The van der Waals surface area contributed by atoms with Gasteiger partial charge in [0.2, 0.25) is 12.6 Å². The standard InChI is InChI=1S/C28H32O14/c1-4-16-26(38-13-17-25(34)37-10-9-28(16,17)35)42-27-24(39-14(2)30)22(33)23(20(12-29)40-27)41-21(32)8-6-15-5-7-18(31)19(11-15)36-3/h4-8,11,13,16,20,22-24,26-27,29,31,33,35H,1,9-10,12H2,2-3H3. The second-order valence-corrected chi connectivity index (χ2v) is 9.70. The van der Waals surface area contributed by atoms with Crippen molar-refractivity contribution in [3.63, 3.8) is 0 Å². The summed E-state index contributed by atoms with van der Waals surface area (Å²) in [4.78, 5) is 36.7. The molecule has 2 saturated heterocycles. The van der Waals surface area contributed by atoms with Crippen LogP contribution in [0.1, 0.15) is 18.9 Å². The van der Waals surface area contributed by atoms with Gasteiger partial charge in [-0.05, 0) is 23.8 Å². The van der Waals surface area contributed by atoms with Gasteiger partial charge in [-0.3, -0.25) is 4.79 Å². The van der Waals surface area contributed by atoms with E-state index in [0.717, 1.165) is 19.3 Å². The van der Waals surface area contributed by atoms with Crippen LogP contribution < -0.4 is 4.74 Å². The fraction of sp³-hybridized carbons (Fsp3) is 0.464. The van der Waals surface area contributed by atoms with Crippen LogP contribution in [0.25, 0.3) is 6.08 Å². The number of methoxy groups -OCH3 is 1. The summed E-state index contributed by atoms with van der Waals surface area (Å²) < 4.78 is 37.8. The number of phenolic OH excluding ortho intramolecular Hbond substituents is 1. The molecular weight excluding hydrogens is 560 g/mol. The molecule has 3 aliphatic heterocycles. The summed E-state index contributed by atoms with van der Waals surface area (Å²) in [6, 6.07) is 4.36. The Morgan fingerprint density at radius 3 is 2.64 bits per heavy atom. The predicted octanol–water partition coefficient (Wildman–Crippen LogP) is 0.0726. The van der Waals surface area contributed by atoms with Gasteiger partial charge in [-0.25, -0.2) is 9.59 Å². The number of carbonyl (C=O) groups excluding carboxylic acids is 3. The lowest BCUT2D eigenvalue weighted by Crippen LogP contribution is -2.63. The quantitative estimate of drug-likeness (QED) is 0.130. The zero-order valence-electron chi connectivity index (χ0n) is 22.8. The number of hydrogen-bond acceptors (Lipinski definition) is 14. The predicted molar refractivity (Wildman–Crippen MR) is 139 cm³/mol. The highest BCUT2D eigenvalue weighted by atomic mass is 16.8. The zero-order chi connectivity index (χ0) is 30.6. The molecule has 0 radical (unpaired) electrons. The summed E-state index contributed by atoms with van der Waals surface area (Å²) in [5.41, 5.74) is -1.38. The molecule has 42 heavy (non-hydrogen) atoms. The van der Waals surface area contributed by atoms with Crippen molar-refractivity contribution < 1.29 is 68.0 Å². The van der Waals surface area contributed by atoms with E-state index >= 15 is 0 Å². The number of carbonyl (C=O) groups is 3. The van der Waals surface area contributed by atoms with E-state index in [0.29, 0.717) is 5.56 Å². The van der Waals surface area contributed by atoms with Crippen LogP contribution in [0.4, 0.5) is 0 Å². The summed E-state index contributed by atoms with van der Waals surface area (Å²) in [6.07, 6.45) is -4.30. The van der Waals surface area contributed by atoms with Gasteiger partial charge in [-0.1, -0.05) is 12.1 Å². The first-order valence-electron chi connectivity index (χ1n) is 12.9. The van der Waals surface area contributed by atoms with Gasteiger partial charge in [0.25, 0.3) is 0 Å². The molecule has 0 aromatic heterocycles. The van der Waals surface area contributed by atoms with Gasteiger partial charge in [0.1, 0.15) is 23.4 Å². The Morgan fingerprint density at radius 1 is 1.21 bits per heavy atom. The van der Waals surface area contributed by atoms with E-state index in [4.69, 9.17) is 33.2 Å². The van der Waals surface area contributed by atoms with Gasteiger partial charge in [0.15, 0.2) is 23.7 Å². The number of phenols is 1. The maximum absolute atomic E-state index is 12.6. The molecule has 0 aliphatic carbocycles. The van der Waals surface area contributed by atoms with E-state index < -0.39 is 73.0 Å². The lowest BCUT2D eigenvalue weighted by atomic mass is 9.76. The molecule has 14 nitrogen and oxygen atoms in total. The van der Waals surface area contributed by atoms with Crippen LogP contribution in [-0.2, 0) is 42.8 Å². The minimum Gasteiger partial charge on any atom is -0.504 e. The van der Waals surface area contributed by atoms with Gasteiger partial charge < -0.3 is 53.6 Å². The lowest BCUT2D eigenvalue weighted by molar-refractivity contribution is -0.345. The monoisotopic (exact) mass is 592 g/mol. The van der Waals surface area contributed by atoms with E-state index in [9.17, 15) is 34.8 Å². The molecule has 2 fully saturated rings. The molecule has 228 valence electrons. The highest BCUT2D eigenvalue weighted by Crippen LogP contribution is 2.42. The zero-order valence-corrected chi connectivity index (χ0v) is 22.8. The van der Waals surface area contributed by atoms with E-state index in [1.807, 2.05) is 0 Å². The molecule has 4 rings (SSSR count). The van der Waals surface area contributed by atoms with E-state index in [1.54, 1.807) is 0 Å². The average Bonchev–Trinajstić information content (AvgIpc) is 2.95. The summed E-state index contributed by atoms with van der Waals surface area (Å²) >= 11 is 0. The minimum absolute atomic E-state index is 0.0216. The molecule has 3 aliphatic rings. The Morgan fingerprint density at radius 2 is 1.98 bits per heavy atom. The van der Waals surface area contributed by atoms with Gasteiger partial charge in [0, 0.05) is 19.4 Å². The number of aliphatic hydroxyl groups excluding tert-OH is 2. The topological polar surface area (TPSA) is 197 Å². The van der Waals surface area contributed by atoms with Crippen molar-refractivity contribution >= 4 is 24.0 Å². The normalized spacial score (nSPS) is 32.5. The van der Waals surface area contributed by atoms with Crippen LogP contribution in [0.2, 0.25) is 0 Å². The van der Waals surface area contributed by atoms with Crippen LogP contribution >= 0.6 is 0 Å². The average molecular weight is 593 g/mol. The maximum Gasteiger partial charge on any atom is 0.340 e. The molecule has 14 heteroatoms. The molecule has 1 aromatic rings. The SMILES string of the molecule is C=CC1C(OC2OC(CO)C(OC(=O)C=Cc3ccc(O)c(OC)c3)C(O)C2OC(C)=O)OC=C2C(=O)OCCC21O. The highest BCUT2D eigenvalue weighted by Gasteiger charge is 2.55. The summed E-state index contributed by atoms with van der Waals surface area (Å²) in [6.45, 7) is 3.98. The fourth-order valence-corrected chi connectivity index (χ4v) is 4.93. The van der Waals surface area contributed by atoms with Gasteiger partial charge >= 0.3 is 17.9 Å². The van der Waals surface area contributed by atoms with E-state index in [2.05, 4.69) is 6.58 Å². The number of rotatable bonds is 9. The third kappa shape index (κ3) is 6.27. The van der Waals surface area contributed by atoms with Crippen LogP contribution in [-0.4, -0.2) is 101 Å². The first kappa shape index (κ1) is 31.0. The highest BCUT2D eigenvalue weighted by molar-refractivity contribution is 5.91. The molecule has 4 N–H and O–H groups in total. The van der Waals surface area contributed by atoms with Gasteiger partial charge in [0.05, 0.1) is 32.5 Å². The molecule has 8 unspecified atom stereocenters. The van der Waals surface area contributed by atoms with Crippen molar-refractivity contribution in [2.24, 2.45) is 5.92 Å². The van der Waals surface area contributed by atoms with E-state index in [-0.39, 0.29) is 30.1 Å². The maximum atomic E-state index is 12.6. The lowest BCUT2D eigenvalue weighted by Gasteiger charge is -2.47. The van der Waals surface area contributed by atoms with Crippen LogP contribution in [0, 0.1) is 5.92 Å². The molecule has 0 bridgehead atoms. The van der Waals surface area contributed by atoms with Crippen LogP contribution in [0.3, 0.4) is 0 Å². The molecule has 0 spiro atoms. The van der Waals surface area contributed by atoms with Crippen LogP contribution in [0.5, 0.6) is 11.5 Å². The Kier molecular flexibility index (Phi) is 9.53. The van der Waals surface area contributed by atoms with Crippen LogP contribution in [0.15, 0.2) is 48.8 Å². The van der Waals surface area contributed by atoms with E-state index in [1.165, 1.54) is 37.5 Å². The molecule has 8 atom stereocenters. The van der Waals surface area contributed by atoms with Crippen molar-refractivity contribution in [2.45, 2.75) is 55.9 Å². The van der Waals surface area contributed by atoms with Crippen molar-refractivity contribution in [3.8, 4) is 11.5 Å². The second kappa shape index (κ2) is 12.9. The van der Waals surface area contributed by atoms with Crippen molar-refractivity contribution in [1.82, 2.24) is 0 Å². The third-order valence-corrected chi connectivity index (χ3v) is 7.06. The first-order valence-corrected chi connectivity index (χ1v) is 12.9. The van der Waals surface area contributed by atoms with Crippen molar-refractivity contribution in [1.29, 1.82) is 0 Å². The number of cyclic esters (lactones) is 1. The number of ether oxygens (including phenoxy) is 7. The first-order chi connectivity index (χ1) is 20.0. The van der Waals surface area contributed by atoms with Gasteiger partial charge in [-0.2, -0.15) is 0 Å². The number of esters is 3. The largest absolute Gasteiger partial charge is 0.504 e. The number of aliphatic hydroxyl groups is 3. The summed E-state index contributed by atoms with van der Waals surface area (Å²) in [5.74, 6) is -3.45. The Bertz CT molecular complexity index is 1260. The minimum atomic E-state index is -1.74. The van der Waals surface area contributed by atoms with Crippen molar-refractivity contribution in [3.05, 3.63) is 54.3 Å². The number of fused-ring (bicyclic) bond motifs is 1. The number of hydrogen-bond donors (Lipinski definition) is 4. The summed E-state index contributed by atoms with van der Waals surface area (Å²) in [5, 5.41) is 42.2. The number of aromatic hydroxyl groups is 1. The summed E-state index contributed by atoms with van der Waals surface area (Å²) in [7, 11) is 1.37. The second-order valence-electron chi connectivity index (χ2n) is 9.70. The Labute approximate surface area is 240 Å². The number of benzene rings is 1. The smallest absolute Gasteiger partial charge is 0.340 e. The molecule has 0 amide bonds. The molecule has 3 heterocycles.